The molecule has 1 fully saturated rings. The molecule has 0 saturated carbocycles. The van der Waals surface area contributed by atoms with Gasteiger partial charge in [-0.25, -0.2) is 4.39 Å². The monoisotopic (exact) mass is 317 g/mol. The van der Waals surface area contributed by atoms with Crippen molar-refractivity contribution >= 4 is 5.91 Å². The van der Waals surface area contributed by atoms with Crippen LogP contribution in [0.15, 0.2) is 30.4 Å². The Morgan fingerprint density at radius 1 is 1.26 bits per heavy atom. The van der Waals surface area contributed by atoms with Crippen LogP contribution < -0.4 is 4.74 Å². The number of amides is 1. The van der Waals surface area contributed by atoms with Crippen molar-refractivity contribution in [1.29, 1.82) is 0 Å². The third-order valence-corrected chi connectivity index (χ3v) is 5.05. The average Bonchev–Trinajstić information content (AvgIpc) is 2.99. The Morgan fingerprint density at radius 2 is 1.96 bits per heavy atom. The summed E-state index contributed by atoms with van der Waals surface area (Å²) in [4.78, 5) is 14.4. The highest BCUT2D eigenvalue weighted by Gasteiger charge is 2.34. The quantitative estimate of drug-likeness (QED) is 0.777. The molecule has 1 aromatic rings. The van der Waals surface area contributed by atoms with Crippen molar-refractivity contribution in [2.75, 3.05) is 20.2 Å². The van der Waals surface area contributed by atoms with Crippen molar-refractivity contribution < 1.29 is 13.9 Å². The predicted molar refractivity (Wildman–Crippen MR) is 87.8 cm³/mol. The molecule has 4 heteroatoms. The number of fused-ring (bicyclic) bond motifs is 1. The van der Waals surface area contributed by atoms with E-state index >= 15 is 0 Å². The molecule has 0 spiro atoms. The van der Waals surface area contributed by atoms with E-state index in [4.69, 9.17) is 4.74 Å². The van der Waals surface area contributed by atoms with E-state index in [1.54, 1.807) is 6.07 Å². The molecule has 0 bridgehead atoms. The molecule has 1 saturated heterocycles. The van der Waals surface area contributed by atoms with Crippen molar-refractivity contribution in [2.45, 2.75) is 32.1 Å². The number of likely N-dealkylation sites (tertiary alicyclic amines) is 1. The number of halogens is 1. The first-order valence-corrected chi connectivity index (χ1v) is 8.42. The minimum absolute atomic E-state index is 0.244. The molecule has 1 aliphatic carbocycles. The fourth-order valence-electron chi connectivity index (χ4n) is 3.69. The van der Waals surface area contributed by atoms with E-state index in [9.17, 15) is 9.18 Å². The molecule has 0 radical (unpaired) electrons. The highest BCUT2D eigenvalue weighted by molar-refractivity contribution is 5.76. The number of benzene rings is 1. The summed E-state index contributed by atoms with van der Waals surface area (Å²) in [6, 6.07) is 5.01. The van der Waals surface area contributed by atoms with E-state index in [2.05, 4.69) is 12.2 Å². The number of rotatable bonds is 5. The minimum Gasteiger partial charge on any atom is -0.494 e. The maximum absolute atomic E-state index is 13.6. The first-order chi connectivity index (χ1) is 11.2. The number of hydrogen-bond acceptors (Lipinski definition) is 2. The number of nitrogens with zero attached hydrogens (tertiary/aromatic N) is 1. The van der Waals surface area contributed by atoms with Gasteiger partial charge in [-0.2, -0.15) is 0 Å². The lowest BCUT2D eigenvalue weighted by Gasteiger charge is -2.17. The third-order valence-electron chi connectivity index (χ3n) is 5.05. The lowest BCUT2D eigenvalue weighted by Crippen LogP contribution is -2.28. The first-order valence-electron chi connectivity index (χ1n) is 8.42. The standard InChI is InChI=1S/C19H24FNO2/c1-23-18-10-9-14(11-17(18)20)5-4-8-19(22)21-12-15-6-2-3-7-16(15)13-21/h2-3,9-11,15-16H,4-8,12-13H2,1H3/t15-,16-/m1/s1. The molecule has 124 valence electrons. The van der Waals surface area contributed by atoms with Crippen molar-refractivity contribution in [1.82, 2.24) is 4.90 Å². The van der Waals surface area contributed by atoms with Gasteiger partial charge < -0.3 is 9.64 Å². The molecule has 0 aromatic heterocycles. The molecule has 1 aromatic carbocycles. The van der Waals surface area contributed by atoms with Gasteiger partial charge in [0.15, 0.2) is 11.6 Å². The highest BCUT2D eigenvalue weighted by Crippen LogP contribution is 2.33. The van der Waals surface area contributed by atoms with Crippen LogP contribution in [0.3, 0.4) is 0 Å². The van der Waals surface area contributed by atoms with Gasteiger partial charge in [0.25, 0.3) is 0 Å². The summed E-state index contributed by atoms with van der Waals surface area (Å²) in [7, 11) is 1.46. The fourth-order valence-corrected chi connectivity index (χ4v) is 3.69. The topological polar surface area (TPSA) is 29.5 Å². The molecular weight excluding hydrogens is 293 g/mol. The molecule has 2 aliphatic rings. The molecule has 1 amide bonds. The van der Waals surface area contributed by atoms with Crippen LogP contribution >= 0.6 is 0 Å². The Kier molecular flexibility index (Phi) is 4.99. The summed E-state index contributed by atoms with van der Waals surface area (Å²) in [5, 5.41) is 0. The van der Waals surface area contributed by atoms with Gasteiger partial charge in [0, 0.05) is 19.5 Å². The molecule has 23 heavy (non-hydrogen) atoms. The third kappa shape index (κ3) is 3.74. The van der Waals surface area contributed by atoms with Gasteiger partial charge in [-0.1, -0.05) is 18.2 Å². The van der Waals surface area contributed by atoms with Crippen molar-refractivity contribution in [3.63, 3.8) is 0 Å². The summed E-state index contributed by atoms with van der Waals surface area (Å²) in [5.74, 6) is 1.47. The van der Waals surface area contributed by atoms with E-state index < -0.39 is 0 Å². The number of allylic oxidation sites excluding steroid dienone is 2. The number of carbonyl (C=O) groups is 1. The average molecular weight is 317 g/mol. The highest BCUT2D eigenvalue weighted by atomic mass is 19.1. The van der Waals surface area contributed by atoms with E-state index in [1.165, 1.54) is 13.2 Å². The minimum atomic E-state index is -0.340. The predicted octanol–water partition coefficient (Wildman–Crippen LogP) is 3.58. The molecule has 0 N–H and O–H groups in total. The number of ether oxygens (including phenoxy) is 1. The second-order valence-corrected chi connectivity index (χ2v) is 6.58. The van der Waals surface area contributed by atoms with Crippen LogP contribution in [-0.4, -0.2) is 31.0 Å². The largest absolute Gasteiger partial charge is 0.494 e. The summed E-state index contributed by atoms with van der Waals surface area (Å²) < 4.78 is 18.6. The maximum Gasteiger partial charge on any atom is 0.222 e. The van der Waals surface area contributed by atoms with Crippen molar-refractivity contribution in [3.05, 3.63) is 41.7 Å². The van der Waals surface area contributed by atoms with Crippen molar-refractivity contribution in [2.24, 2.45) is 11.8 Å². The van der Waals surface area contributed by atoms with Crippen LogP contribution in [0, 0.1) is 17.7 Å². The first kappa shape index (κ1) is 16.0. The lowest BCUT2D eigenvalue weighted by molar-refractivity contribution is -0.130. The van der Waals surface area contributed by atoms with Gasteiger partial charge in [0.1, 0.15) is 0 Å². The lowest BCUT2D eigenvalue weighted by atomic mass is 9.86. The molecule has 1 aliphatic heterocycles. The van der Waals surface area contributed by atoms with Crippen LogP contribution in [0.1, 0.15) is 31.2 Å². The number of aryl methyl sites for hydroxylation is 1. The zero-order chi connectivity index (χ0) is 16.2. The zero-order valence-electron chi connectivity index (χ0n) is 13.6. The zero-order valence-corrected chi connectivity index (χ0v) is 13.6. The van der Waals surface area contributed by atoms with Crippen molar-refractivity contribution in [3.8, 4) is 5.75 Å². The van der Waals surface area contributed by atoms with Gasteiger partial charge in [-0.05, 0) is 55.2 Å². The van der Waals surface area contributed by atoms with Crippen LogP contribution in [0.5, 0.6) is 5.75 Å². The number of hydrogen-bond donors (Lipinski definition) is 0. The SMILES string of the molecule is COc1ccc(CCCC(=O)N2C[C@H]3CC=CC[C@@H]3C2)cc1F. The molecule has 1 heterocycles. The molecule has 3 rings (SSSR count). The van der Waals surface area contributed by atoms with Crippen LogP contribution in [0.2, 0.25) is 0 Å². The second-order valence-electron chi connectivity index (χ2n) is 6.58. The van der Waals surface area contributed by atoms with Gasteiger partial charge in [-0.15, -0.1) is 0 Å². The van der Waals surface area contributed by atoms with Crippen LogP contribution in [-0.2, 0) is 11.2 Å². The van der Waals surface area contributed by atoms with E-state index in [1.807, 2.05) is 11.0 Å². The molecule has 0 unspecified atom stereocenters. The van der Waals surface area contributed by atoms with Gasteiger partial charge in [0.05, 0.1) is 7.11 Å². The van der Waals surface area contributed by atoms with Gasteiger partial charge >= 0.3 is 0 Å². The number of methoxy groups -OCH3 is 1. The number of carbonyl (C=O) groups excluding carboxylic acids is 1. The van der Waals surface area contributed by atoms with Crippen LogP contribution in [0.4, 0.5) is 4.39 Å². The van der Waals surface area contributed by atoms with Gasteiger partial charge in [-0.3, -0.25) is 4.79 Å². The Bertz CT molecular complexity index is 583. The Labute approximate surface area is 137 Å². The maximum atomic E-state index is 13.6. The van der Waals surface area contributed by atoms with Crippen LogP contribution in [0.25, 0.3) is 0 Å². The van der Waals surface area contributed by atoms with E-state index in [-0.39, 0.29) is 17.5 Å². The Morgan fingerprint density at radius 3 is 2.57 bits per heavy atom. The summed E-state index contributed by atoms with van der Waals surface area (Å²) in [6.07, 6.45) is 8.73. The summed E-state index contributed by atoms with van der Waals surface area (Å²) in [5.41, 5.74) is 0.912. The normalized spacial score (nSPS) is 23.0. The molecular formula is C19H24FNO2. The summed E-state index contributed by atoms with van der Waals surface area (Å²) in [6.45, 7) is 1.82. The molecule has 2 atom stereocenters. The fraction of sp³-hybridized carbons (Fsp3) is 0.526. The molecule has 3 nitrogen and oxygen atoms in total. The van der Waals surface area contributed by atoms with E-state index in [0.717, 1.165) is 44.3 Å². The Balaban J connectivity index is 1.45. The van der Waals surface area contributed by atoms with E-state index in [0.29, 0.717) is 18.3 Å². The Hall–Kier alpha value is -1.84. The smallest absolute Gasteiger partial charge is 0.222 e. The second kappa shape index (κ2) is 7.16. The van der Waals surface area contributed by atoms with Gasteiger partial charge in [0.2, 0.25) is 5.91 Å². The summed E-state index contributed by atoms with van der Waals surface area (Å²) >= 11 is 0.